The van der Waals surface area contributed by atoms with Gasteiger partial charge >= 0.3 is 0 Å². The molecule has 0 aliphatic carbocycles. The maximum absolute atomic E-state index is 12.4. The third-order valence-corrected chi connectivity index (χ3v) is 5.18. The summed E-state index contributed by atoms with van der Waals surface area (Å²) in [4.78, 5) is 0.350. The highest BCUT2D eigenvalue weighted by atomic mass is 32.2. The maximum atomic E-state index is 12.4. The molecule has 6 heteroatoms. The molecule has 1 heterocycles. The third-order valence-electron chi connectivity index (χ3n) is 3.58. The quantitative estimate of drug-likeness (QED) is 0.889. The minimum absolute atomic E-state index is 0.350. The van der Waals surface area contributed by atoms with E-state index in [-0.39, 0.29) is 0 Å². The first-order valence-corrected chi connectivity index (χ1v) is 8.37. The number of nitrogens with one attached hydrogen (secondary N) is 2. The molecule has 0 aliphatic rings. The number of H-pyrrole nitrogens is 1. The van der Waals surface area contributed by atoms with Crippen molar-refractivity contribution in [2.75, 3.05) is 6.54 Å². The van der Waals surface area contributed by atoms with Crippen LogP contribution in [0, 0.1) is 27.7 Å². The fraction of sp³-hybridized carbons (Fsp3) is 0.400. The summed E-state index contributed by atoms with van der Waals surface area (Å²) in [5, 5.41) is 7.02. The summed E-state index contributed by atoms with van der Waals surface area (Å²) in [7, 11) is -3.47. The van der Waals surface area contributed by atoms with Crippen LogP contribution in [0.25, 0.3) is 0 Å². The molecule has 1 aromatic carbocycles. The van der Waals surface area contributed by atoms with Crippen LogP contribution in [0.2, 0.25) is 0 Å². The van der Waals surface area contributed by atoms with Gasteiger partial charge < -0.3 is 0 Å². The SMILES string of the molecule is Cc1ccc(C)c(S(=O)(=O)NCCc2c(C)n[nH]c2C)c1. The van der Waals surface area contributed by atoms with Crippen molar-refractivity contribution in [3.63, 3.8) is 0 Å². The summed E-state index contributed by atoms with van der Waals surface area (Å²) in [6, 6.07) is 5.44. The molecular formula is C15H21N3O2S. The van der Waals surface area contributed by atoms with Crippen molar-refractivity contribution < 1.29 is 8.42 Å². The zero-order valence-electron chi connectivity index (χ0n) is 12.8. The lowest BCUT2D eigenvalue weighted by Gasteiger charge is -2.10. The average molecular weight is 307 g/mol. The summed E-state index contributed by atoms with van der Waals surface area (Å²) in [6.07, 6.45) is 0.623. The first-order chi connectivity index (χ1) is 9.81. The Hall–Kier alpha value is -1.66. The van der Waals surface area contributed by atoms with E-state index in [1.165, 1.54) is 0 Å². The molecule has 0 fully saturated rings. The van der Waals surface area contributed by atoms with Gasteiger partial charge in [0.2, 0.25) is 10.0 Å². The molecule has 0 unspecified atom stereocenters. The second-order valence-corrected chi connectivity index (χ2v) is 7.06. The van der Waals surface area contributed by atoms with E-state index in [2.05, 4.69) is 14.9 Å². The van der Waals surface area contributed by atoms with Crippen LogP contribution in [0.1, 0.15) is 28.1 Å². The lowest BCUT2D eigenvalue weighted by atomic mass is 10.1. The molecule has 2 rings (SSSR count). The van der Waals surface area contributed by atoms with Crippen LogP contribution in [-0.4, -0.2) is 25.2 Å². The van der Waals surface area contributed by atoms with Crippen molar-refractivity contribution in [2.24, 2.45) is 0 Å². The molecule has 0 bridgehead atoms. The number of aromatic nitrogens is 2. The second kappa shape index (κ2) is 5.99. The fourth-order valence-corrected chi connectivity index (χ4v) is 3.69. The van der Waals surface area contributed by atoms with Crippen molar-refractivity contribution in [3.05, 3.63) is 46.3 Å². The molecule has 2 aromatic rings. The summed E-state index contributed by atoms with van der Waals surface area (Å²) in [5.41, 5.74) is 4.65. The molecule has 0 aliphatic heterocycles. The highest BCUT2D eigenvalue weighted by Crippen LogP contribution is 2.17. The number of benzene rings is 1. The number of hydrogen-bond donors (Lipinski definition) is 2. The first kappa shape index (κ1) is 15.7. The molecule has 0 amide bonds. The Morgan fingerprint density at radius 1 is 1.19 bits per heavy atom. The molecule has 114 valence electrons. The zero-order chi connectivity index (χ0) is 15.6. The number of aromatic amines is 1. The average Bonchev–Trinajstić information content (AvgIpc) is 2.73. The van der Waals surface area contributed by atoms with E-state index in [9.17, 15) is 8.42 Å². The van der Waals surface area contributed by atoms with E-state index in [1.54, 1.807) is 13.0 Å². The third kappa shape index (κ3) is 3.51. The van der Waals surface area contributed by atoms with Crippen LogP contribution in [0.4, 0.5) is 0 Å². The Bertz CT molecular complexity index is 729. The lowest BCUT2D eigenvalue weighted by molar-refractivity contribution is 0.580. The van der Waals surface area contributed by atoms with Crippen LogP contribution in [0.5, 0.6) is 0 Å². The second-order valence-electron chi connectivity index (χ2n) is 5.33. The monoisotopic (exact) mass is 307 g/mol. The van der Waals surface area contributed by atoms with Crippen LogP contribution < -0.4 is 4.72 Å². The van der Waals surface area contributed by atoms with Gasteiger partial charge in [0.25, 0.3) is 0 Å². The molecule has 0 spiro atoms. The predicted octanol–water partition coefficient (Wildman–Crippen LogP) is 2.16. The maximum Gasteiger partial charge on any atom is 0.240 e. The van der Waals surface area contributed by atoms with E-state index >= 15 is 0 Å². The van der Waals surface area contributed by atoms with Gasteiger partial charge in [0.1, 0.15) is 0 Å². The highest BCUT2D eigenvalue weighted by Gasteiger charge is 2.17. The molecule has 0 atom stereocenters. The molecule has 1 aromatic heterocycles. The molecular weight excluding hydrogens is 286 g/mol. The number of rotatable bonds is 5. The minimum Gasteiger partial charge on any atom is -0.282 e. The van der Waals surface area contributed by atoms with Crippen molar-refractivity contribution in [1.29, 1.82) is 0 Å². The molecule has 5 nitrogen and oxygen atoms in total. The minimum atomic E-state index is -3.47. The number of aryl methyl sites for hydroxylation is 4. The molecule has 2 N–H and O–H groups in total. The Balaban J connectivity index is 2.10. The predicted molar refractivity (Wildman–Crippen MR) is 82.9 cm³/mol. The van der Waals surface area contributed by atoms with Gasteiger partial charge in [0.15, 0.2) is 0 Å². The van der Waals surface area contributed by atoms with Gasteiger partial charge in [-0.2, -0.15) is 5.10 Å². The number of nitrogens with zero attached hydrogens (tertiary/aromatic N) is 1. The van der Waals surface area contributed by atoms with Crippen LogP contribution in [0.3, 0.4) is 0 Å². The van der Waals surface area contributed by atoms with Crippen LogP contribution in [0.15, 0.2) is 23.1 Å². The smallest absolute Gasteiger partial charge is 0.240 e. The Morgan fingerprint density at radius 2 is 1.90 bits per heavy atom. The van der Waals surface area contributed by atoms with Gasteiger partial charge in [-0.3, -0.25) is 5.10 Å². The Labute approximate surface area is 125 Å². The standard InChI is InChI=1S/C15H21N3O2S/c1-10-5-6-11(2)15(9-10)21(19,20)16-8-7-14-12(3)17-18-13(14)4/h5-6,9,16H,7-8H2,1-4H3,(H,17,18). The number of sulfonamides is 1. The Morgan fingerprint density at radius 3 is 2.52 bits per heavy atom. The van der Waals surface area contributed by atoms with Gasteiger partial charge in [-0.1, -0.05) is 12.1 Å². The van der Waals surface area contributed by atoms with E-state index in [0.717, 1.165) is 28.1 Å². The summed E-state index contributed by atoms with van der Waals surface area (Å²) in [5.74, 6) is 0. The largest absolute Gasteiger partial charge is 0.282 e. The summed E-state index contributed by atoms with van der Waals surface area (Å²) < 4.78 is 27.4. The van der Waals surface area contributed by atoms with E-state index in [4.69, 9.17) is 0 Å². The summed E-state index contributed by atoms with van der Waals surface area (Å²) >= 11 is 0. The van der Waals surface area contributed by atoms with Crippen molar-refractivity contribution in [2.45, 2.75) is 39.0 Å². The van der Waals surface area contributed by atoms with Crippen molar-refractivity contribution in [3.8, 4) is 0 Å². The fourth-order valence-electron chi connectivity index (χ4n) is 2.33. The van der Waals surface area contributed by atoms with Gasteiger partial charge in [0, 0.05) is 12.2 Å². The van der Waals surface area contributed by atoms with Crippen molar-refractivity contribution in [1.82, 2.24) is 14.9 Å². The van der Waals surface area contributed by atoms with Crippen LogP contribution in [-0.2, 0) is 16.4 Å². The first-order valence-electron chi connectivity index (χ1n) is 6.88. The molecule has 21 heavy (non-hydrogen) atoms. The van der Waals surface area contributed by atoms with Crippen molar-refractivity contribution >= 4 is 10.0 Å². The topological polar surface area (TPSA) is 74.8 Å². The van der Waals surface area contributed by atoms with Gasteiger partial charge in [0.05, 0.1) is 10.6 Å². The van der Waals surface area contributed by atoms with E-state index in [0.29, 0.717) is 17.9 Å². The molecule has 0 radical (unpaired) electrons. The van der Waals surface area contributed by atoms with Gasteiger partial charge in [-0.05, 0) is 56.9 Å². The Kier molecular flexibility index (Phi) is 4.49. The summed E-state index contributed by atoms with van der Waals surface area (Å²) in [6.45, 7) is 7.90. The number of hydrogen-bond acceptors (Lipinski definition) is 3. The molecule has 0 saturated carbocycles. The van der Waals surface area contributed by atoms with E-state index < -0.39 is 10.0 Å². The zero-order valence-corrected chi connectivity index (χ0v) is 13.6. The van der Waals surface area contributed by atoms with Crippen LogP contribution >= 0.6 is 0 Å². The van der Waals surface area contributed by atoms with E-state index in [1.807, 2.05) is 32.9 Å². The van der Waals surface area contributed by atoms with Gasteiger partial charge in [-0.25, -0.2) is 13.1 Å². The van der Waals surface area contributed by atoms with Gasteiger partial charge in [-0.15, -0.1) is 0 Å². The lowest BCUT2D eigenvalue weighted by Crippen LogP contribution is -2.27. The normalized spacial score (nSPS) is 11.8. The molecule has 0 saturated heterocycles. The highest BCUT2D eigenvalue weighted by molar-refractivity contribution is 7.89.